The zero-order chi connectivity index (χ0) is 19.0. The number of benzene rings is 2. The van der Waals surface area contributed by atoms with Crippen molar-refractivity contribution in [1.82, 2.24) is 0 Å². The second-order valence-corrected chi connectivity index (χ2v) is 6.14. The van der Waals surface area contributed by atoms with Gasteiger partial charge in [0, 0.05) is 22.2 Å². The van der Waals surface area contributed by atoms with E-state index >= 15 is 0 Å². The Balaban J connectivity index is 0.00000151. The van der Waals surface area contributed by atoms with Crippen LogP contribution < -0.4 is 11.1 Å². The highest BCUT2D eigenvalue weighted by molar-refractivity contribution is 6.34. The number of nitrogens with one attached hydrogen (secondary N) is 1. The Hall–Kier alpha value is -2.19. The molecule has 0 aliphatic rings. The molecule has 25 heavy (non-hydrogen) atoms. The van der Waals surface area contributed by atoms with Crippen LogP contribution >= 0.6 is 34.8 Å². The van der Waals surface area contributed by atoms with Gasteiger partial charge in [0.25, 0.3) is 0 Å². The highest BCUT2D eigenvalue weighted by Crippen LogP contribution is 2.34. The van der Waals surface area contributed by atoms with Crippen LogP contribution in [0.5, 0.6) is 0 Å². The van der Waals surface area contributed by atoms with Crippen LogP contribution in [0.3, 0.4) is 0 Å². The standard InChI is InChI=1S/C16H14Cl3N3O.C2H2/c1-9(11-4-10(17)2-3-12(11)18)7-21-16-6-14(20)13(19)5-15(16)22-8-23;1-2/h2-9H,20H2,1H3,(H,22,23);1-2H/t9-;/m1./s1. The first-order valence-corrected chi connectivity index (χ1v) is 8.17. The van der Waals surface area contributed by atoms with Gasteiger partial charge in [-0.2, -0.15) is 0 Å². The molecule has 3 N–H and O–H groups in total. The van der Waals surface area contributed by atoms with Crippen molar-refractivity contribution in [3.8, 4) is 12.8 Å². The number of nitrogens with zero attached hydrogens (tertiary/aromatic N) is 1. The number of carbonyl (C=O) groups is 1. The number of carbonyl (C=O) groups excluding carboxylic acids is 1. The number of nitrogen functional groups attached to an aromatic ring is 1. The lowest BCUT2D eigenvalue weighted by Crippen LogP contribution is -1.98. The first kappa shape index (κ1) is 20.9. The SMILES string of the molecule is C#C.C[C@H](C=Nc1cc(N)c(Cl)cc1NC=O)c1cc(Cl)ccc1Cl. The Morgan fingerprint density at radius 2 is 1.84 bits per heavy atom. The molecule has 0 saturated carbocycles. The third-order valence-electron chi connectivity index (χ3n) is 3.22. The minimum absolute atomic E-state index is 0.0813. The van der Waals surface area contributed by atoms with Crippen molar-refractivity contribution in [3.05, 3.63) is 51.0 Å². The van der Waals surface area contributed by atoms with Gasteiger partial charge in [0.05, 0.1) is 22.1 Å². The second kappa shape index (κ2) is 9.95. The van der Waals surface area contributed by atoms with Crippen molar-refractivity contribution >= 4 is 64.5 Å². The Bertz CT molecular complexity index is 804. The van der Waals surface area contributed by atoms with E-state index in [-0.39, 0.29) is 5.92 Å². The lowest BCUT2D eigenvalue weighted by molar-refractivity contribution is -0.105. The highest BCUT2D eigenvalue weighted by atomic mass is 35.5. The van der Waals surface area contributed by atoms with Crippen LogP contribution in [0.25, 0.3) is 0 Å². The molecule has 0 radical (unpaired) electrons. The van der Waals surface area contributed by atoms with Crippen LogP contribution in [-0.2, 0) is 4.79 Å². The van der Waals surface area contributed by atoms with Crippen LogP contribution in [0, 0.1) is 12.8 Å². The Morgan fingerprint density at radius 3 is 2.48 bits per heavy atom. The second-order valence-electron chi connectivity index (χ2n) is 4.89. The van der Waals surface area contributed by atoms with Gasteiger partial charge < -0.3 is 11.1 Å². The average Bonchev–Trinajstić information content (AvgIpc) is 2.60. The van der Waals surface area contributed by atoms with Crippen molar-refractivity contribution in [2.75, 3.05) is 11.1 Å². The van der Waals surface area contributed by atoms with Gasteiger partial charge in [-0.25, -0.2) is 0 Å². The molecule has 0 aliphatic carbocycles. The van der Waals surface area contributed by atoms with Gasteiger partial charge in [0.1, 0.15) is 0 Å². The zero-order valence-electron chi connectivity index (χ0n) is 13.3. The molecule has 0 spiro atoms. The van der Waals surface area contributed by atoms with E-state index < -0.39 is 0 Å². The Morgan fingerprint density at radius 1 is 1.16 bits per heavy atom. The quantitative estimate of drug-likeness (QED) is 0.301. The molecule has 1 atom stereocenters. The summed E-state index contributed by atoms with van der Waals surface area (Å²) in [6.45, 7) is 1.94. The smallest absolute Gasteiger partial charge is 0.211 e. The third kappa shape index (κ3) is 5.68. The van der Waals surface area contributed by atoms with E-state index in [9.17, 15) is 4.79 Å². The first-order chi connectivity index (χ1) is 11.9. The summed E-state index contributed by atoms with van der Waals surface area (Å²) in [5.41, 5.74) is 8.00. The third-order valence-corrected chi connectivity index (χ3v) is 4.12. The molecule has 2 aromatic carbocycles. The summed E-state index contributed by atoms with van der Waals surface area (Å²) >= 11 is 18.1. The fourth-order valence-corrected chi connectivity index (χ4v) is 2.63. The van der Waals surface area contributed by atoms with Gasteiger partial charge in [0.15, 0.2) is 0 Å². The van der Waals surface area contributed by atoms with Crippen molar-refractivity contribution in [3.63, 3.8) is 0 Å². The van der Waals surface area contributed by atoms with Crippen LogP contribution in [0.1, 0.15) is 18.4 Å². The summed E-state index contributed by atoms with van der Waals surface area (Å²) in [4.78, 5) is 15.1. The van der Waals surface area contributed by atoms with E-state index in [0.717, 1.165) is 5.56 Å². The van der Waals surface area contributed by atoms with Crippen LogP contribution in [-0.4, -0.2) is 12.6 Å². The highest BCUT2D eigenvalue weighted by Gasteiger charge is 2.10. The molecule has 0 saturated heterocycles. The Kier molecular flexibility index (Phi) is 8.30. The largest absolute Gasteiger partial charge is 0.397 e. The van der Waals surface area contributed by atoms with E-state index in [1.165, 1.54) is 0 Å². The lowest BCUT2D eigenvalue weighted by Gasteiger charge is -2.11. The number of hydrogen-bond donors (Lipinski definition) is 2. The number of nitrogens with two attached hydrogens (primary N) is 1. The monoisotopic (exact) mass is 395 g/mol. The summed E-state index contributed by atoms with van der Waals surface area (Å²) in [6, 6.07) is 8.40. The molecule has 1 amide bonds. The van der Waals surface area contributed by atoms with E-state index in [0.29, 0.717) is 38.5 Å². The molecular formula is C18H16Cl3N3O. The molecular weight excluding hydrogens is 381 g/mol. The molecule has 2 aromatic rings. The molecule has 4 nitrogen and oxygen atoms in total. The maximum Gasteiger partial charge on any atom is 0.211 e. The molecule has 7 heteroatoms. The van der Waals surface area contributed by atoms with E-state index in [2.05, 4.69) is 23.2 Å². The number of aliphatic imine (C=N–C) groups is 1. The summed E-state index contributed by atoms with van der Waals surface area (Å²) in [6.07, 6.45) is 10.3. The van der Waals surface area contributed by atoms with Crippen LogP contribution in [0.4, 0.5) is 17.1 Å². The van der Waals surface area contributed by atoms with Crippen molar-refractivity contribution in [2.45, 2.75) is 12.8 Å². The molecule has 130 valence electrons. The van der Waals surface area contributed by atoms with Gasteiger partial charge in [0.2, 0.25) is 6.41 Å². The number of hydrogen-bond acceptors (Lipinski definition) is 3. The number of halogens is 3. The predicted octanol–water partition coefficient (Wildman–Crippen LogP) is 5.55. The van der Waals surface area contributed by atoms with Crippen molar-refractivity contribution in [1.29, 1.82) is 0 Å². The maximum atomic E-state index is 10.7. The minimum Gasteiger partial charge on any atom is -0.397 e. The maximum absolute atomic E-state index is 10.7. The number of amides is 1. The van der Waals surface area contributed by atoms with Crippen LogP contribution in [0.15, 0.2) is 35.3 Å². The van der Waals surface area contributed by atoms with E-state index in [1.54, 1.807) is 36.5 Å². The topological polar surface area (TPSA) is 67.5 Å². The molecule has 0 fully saturated rings. The fourth-order valence-electron chi connectivity index (χ4n) is 2.00. The van der Waals surface area contributed by atoms with E-state index in [4.69, 9.17) is 40.5 Å². The number of anilines is 2. The minimum atomic E-state index is -0.0813. The van der Waals surface area contributed by atoms with Crippen LogP contribution in [0.2, 0.25) is 15.1 Å². The molecule has 0 heterocycles. The van der Waals surface area contributed by atoms with E-state index in [1.807, 2.05) is 6.92 Å². The molecule has 0 aromatic heterocycles. The van der Waals surface area contributed by atoms with Crippen molar-refractivity contribution in [2.24, 2.45) is 4.99 Å². The molecule has 0 aliphatic heterocycles. The average molecular weight is 397 g/mol. The van der Waals surface area contributed by atoms with Crippen molar-refractivity contribution < 1.29 is 4.79 Å². The number of rotatable bonds is 5. The normalized spacial score (nSPS) is 11.4. The summed E-state index contributed by atoms with van der Waals surface area (Å²) < 4.78 is 0. The lowest BCUT2D eigenvalue weighted by atomic mass is 10.0. The first-order valence-electron chi connectivity index (χ1n) is 7.04. The van der Waals surface area contributed by atoms with Gasteiger partial charge in [-0.1, -0.05) is 41.7 Å². The zero-order valence-corrected chi connectivity index (χ0v) is 15.6. The van der Waals surface area contributed by atoms with Gasteiger partial charge >= 0.3 is 0 Å². The Labute approximate surface area is 162 Å². The molecule has 2 rings (SSSR count). The summed E-state index contributed by atoms with van der Waals surface area (Å²) in [5, 5.41) is 4.10. The van der Waals surface area contributed by atoms with Gasteiger partial charge in [-0.3, -0.25) is 9.79 Å². The molecule has 0 unspecified atom stereocenters. The van der Waals surface area contributed by atoms with Gasteiger partial charge in [-0.15, -0.1) is 12.8 Å². The summed E-state index contributed by atoms with van der Waals surface area (Å²) in [5.74, 6) is -0.0813. The fraction of sp³-hybridized carbons (Fsp3) is 0.111. The molecule has 0 bridgehead atoms. The number of terminal acetylenes is 1. The summed E-state index contributed by atoms with van der Waals surface area (Å²) in [7, 11) is 0. The predicted molar refractivity (Wildman–Crippen MR) is 108 cm³/mol. The van der Waals surface area contributed by atoms with Gasteiger partial charge in [-0.05, 0) is 35.9 Å².